The quantitative estimate of drug-likeness (QED) is 0.310. The van der Waals surface area contributed by atoms with Gasteiger partial charge in [0.2, 0.25) is 11.8 Å². The molecule has 3 aromatic rings. The molecule has 0 fully saturated rings. The SMILES string of the molecule is COc1ccc(CN(C(=O)CN(c2ccc(C(C)C)cc2)S(=O)(=O)c2ccc(C)cc2)[C@@H](C)C(=O)NC(C)(C)C)cc1. The average molecular weight is 594 g/mol. The molecule has 0 heterocycles. The molecular formula is C33H43N3O5S. The van der Waals surface area contributed by atoms with Gasteiger partial charge in [-0.15, -0.1) is 0 Å². The Bertz CT molecular complexity index is 1460. The van der Waals surface area contributed by atoms with E-state index in [9.17, 15) is 18.0 Å². The molecule has 8 nitrogen and oxygen atoms in total. The van der Waals surface area contributed by atoms with E-state index < -0.39 is 34.1 Å². The van der Waals surface area contributed by atoms with Gasteiger partial charge in [-0.1, -0.05) is 55.8 Å². The van der Waals surface area contributed by atoms with Crippen molar-refractivity contribution in [3.8, 4) is 5.75 Å². The smallest absolute Gasteiger partial charge is 0.264 e. The first-order valence-electron chi connectivity index (χ1n) is 14.1. The molecule has 0 saturated carbocycles. The number of anilines is 1. The van der Waals surface area contributed by atoms with Crippen LogP contribution in [0, 0.1) is 6.92 Å². The second-order valence-corrected chi connectivity index (χ2v) is 13.7. The van der Waals surface area contributed by atoms with Gasteiger partial charge in [-0.2, -0.15) is 0 Å². The minimum Gasteiger partial charge on any atom is -0.497 e. The Morgan fingerprint density at radius 1 is 0.881 bits per heavy atom. The summed E-state index contributed by atoms with van der Waals surface area (Å²) in [5, 5.41) is 2.94. The molecule has 1 N–H and O–H groups in total. The maximum Gasteiger partial charge on any atom is 0.264 e. The minimum absolute atomic E-state index is 0.0778. The number of hydrogen-bond donors (Lipinski definition) is 1. The van der Waals surface area contributed by atoms with Crippen LogP contribution in [0.5, 0.6) is 5.75 Å². The van der Waals surface area contributed by atoms with E-state index in [0.717, 1.165) is 21.0 Å². The number of hydrogen-bond acceptors (Lipinski definition) is 5. The molecular weight excluding hydrogens is 550 g/mol. The molecule has 0 aromatic heterocycles. The van der Waals surface area contributed by atoms with Gasteiger partial charge in [0, 0.05) is 12.1 Å². The van der Waals surface area contributed by atoms with Crippen LogP contribution >= 0.6 is 0 Å². The van der Waals surface area contributed by atoms with Crippen molar-refractivity contribution in [2.24, 2.45) is 0 Å². The predicted octanol–water partition coefficient (Wildman–Crippen LogP) is 5.65. The fraction of sp³-hybridized carbons (Fsp3) is 0.394. The zero-order valence-corrected chi connectivity index (χ0v) is 26.7. The van der Waals surface area contributed by atoms with Crippen LogP contribution in [0.1, 0.15) is 64.2 Å². The van der Waals surface area contributed by atoms with E-state index in [4.69, 9.17) is 4.74 Å². The van der Waals surface area contributed by atoms with E-state index >= 15 is 0 Å². The molecule has 0 aliphatic carbocycles. The molecule has 0 aliphatic rings. The van der Waals surface area contributed by atoms with E-state index in [1.807, 2.05) is 52.0 Å². The van der Waals surface area contributed by atoms with Crippen LogP contribution in [0.4, 0.5) is 5.69 Å². The van der Waals surface area contributed by atoms with Gasteiger partial charge in [-0.25, -0.2) is 8.42 Å². The van der Waals surface area contributed by atoms with Crippen molar-refractivity contribution in [1.82, 2.24) is 10.2 Å². The molecule has 3 aromatic carbocycles. The summed E-state index contributed by atoms with van der Waals surface area (Å²) in [5.41, 5.74) is 2.59. The topological polar surface area (TPSA) is 96.0 Å². The highest BCUT2D eigenvalue weighted by Gasteiger charge is 2.33. The Labute approximate surface area is 250 Å². The molecule has 0 bridgehead atoms. The lowest BCUT2D eigenvalue weighted by atomic mass is 10.0. The highest BCUT2D eigenvalue weighted by molar-refractivity contribution is 7.92. The van der Waals surface area contributed by atoms with E-state index in [-0.39, 0.29) is 23.3 Å². The van der Waals surface area contributed by atoms with Crippen LogP contribution in [-0.2, 0) is 26.2 Å². The lowest BCUT2D eigenvalue weighted by Crippen LogP contribution is -2.54. The van der Waals surface area contributed by atoms with Gasteiger partial charge >= 0.3 is 0 Å². The lowest BCUT2D eigenvalue weighted by Gasteiger charge is -2.33. The first kappa shape index (κ1) is 32.7. The van der Waals surface area contributed by atoms with Gasteiger partial charge in [0.15, 0.2) is 0 Å². The van der Waals surface area contributed by atoms with Crippen molar-refractivity contribution in [3.63, 3.8) is 0 Å². The van der Waals surface area contributed by atoms with E-state index in [1.165, 1.54) is 4.90 Å². The maximum absolute atomic E-state index is 14.1. The van der Waals surface area contributed by atoms with Gasteiger partial charge in [0.05, 0.1) is 17.7 Å². The minimum atomic E-state index is -4.12. The first-order chi connectivity index (χ1) is 19.6. The van der Waals surface area contributed by atoms with Crippen molar-refractivity contribution in [2.75, 3.05) is 18.0 Å². The van der Waals surface area contributed by atoms with Crippen LogP contribution in [0.25, 0.3) is 0 Å². The summed E-state index contributed by atoms with van der Waals surface area (Å²) in [4.78, 5) is 28.8. The summed E-state index contributed by atoms with van der Waals surface area (Å²) in [6, 6.07) is 20.0. The Morgan fingerprint density at radius 2 is 1.45 bits per heavy atom. The molecule has 0 unspecified atom stereocenters. The lowest BCUT2D eigenvalue weighted by molar-refractivity contribution is -0.140. The third-order valence-corrected chi connectivity index (χ3v) is 8.70. The number of methoxy groups -OCH3 is 1. The van der Waals surface area contributed by atoms with Gasteiger partial charge < -0.3 is 15.0 Å². The standard InChI is InChI=1S/C33H43N3O5S/c1-23(2)27-13-15-28(16-14-27)36(42(39,40)30-19-9-24(3)10-20-30)22-31(37)35(25(4)32(38)34-33(5,6)7)21-26-11-17-29(41-8)18-12-26/h9-20,23,25H,21-22H2,1-8H3,(H,34,38)/t25-/m0/s1. The van der Waals surface area contributed by atoms with Gasteiger partial charge in [0.1, 0.15) is 18.3 Å². The molecule has 2 amide bonds. The molecule has 0 saturated heterocycles. The second-order valence-electron chi connectivity index (χ2n) is 11.9. The van der Waals surface area contributed by atoms with Gasteiger partial charge in [-0.3, -0.25) is 13.9 Å². The van der Waals surface area contributed by atoms with Gasteiger partial charge in [-0.05, 0) is 88.1 Å². The van der Waals surface area contributed by atoms with Crippen LogP contribution in [0.2, 0.25) is 0 Å². The third-order valence-electron chi connectivity index (χ3n) is 6.91. The fourth-order valence-corrected chi connectivity index (χ4v) is 5.79. The number of carbonyl (C=O) groups is 2. The summed E-state index contributed by atoms with van der Waals surface area (Å²) >= 11 is 0. The second kappa shape index (κ2) is 13.4. The molecule has 1 atom stereocenters. The Balaban J connectivity index is 2.05. The Morgan fingerprint density at radius 3 is 1.95 bits per heavy atom. The van der Waals surface area contributed by atoms with E-state index in [0.29, 0.717) is 11.4 Å². The number of ether oxygens (including phenoxy) is 1. The van der Waals surface area contributed by atoms with Gasteiger partial charge in [0.25, 0.3) is 10.0 Å². The van der Waals surface area contributed by atoms with Crippen LogP contribution in [0.3, 0.4) is 0 Å². The van der Waals surface area contributed by atoms with Crippen LogP contribution < -0.4 is 14.4 Å². The van der Waals surface area contributed by atoms with Crippen molar-refractivity contribution in [1.29, 1.82) is 0 Å². The molecule has 42 heavy (non-hydrogen) atoms. The molecule has 0 aliphatic heterocycles. The van der Waals surface area contributed by atoms with Crippen LogP contribution in [-0.4, -0.2) is 50.4 Å². The molecule has 9 heteroatoms. The number of benzene rings is 3. The van der Waals surface area contributed by atoms with Crippen LogP contribution in [0.15, 0.2) is 77.7 Å². The normalized spacial score (nSPS) is 12.5. The molecule has 226 valence electrons. The summed E-state index contributed by atoms with van der Waals surface area (Å²) in [6.45, 7) is 12.9. The highest BCUT2D eigenvalue weighted by Crippen LogP contribution is 2.27. The Hall–Kier alpha value is -3.85. The summed E-state index contributed by atoms with van der Waals surface area (Å²) < 4.78 is 34.4. The predicted molar refractivity (Wildman–Crippen MR) is 167 cm³/mol. The third kappa shape index (κ3) is 8.35. The molecule has 0 radical (unpaired) electrons. The first-order valence-corrected chi connectivity index (χ1v) is 15.5. The maximum atomic E-state index is 14.1. The summed E-state index contributed by atoms with van der Waals surface area (Å²) in [6.07, 6.45) is 0. The van der Waals surface area contributed by atoms with Crippen molar-refractivity contribution in [3.05, 3.63) is 89.5 Å². The van der Waals surface area contributed by atoms with E-state index in [2.05, 4.69) is 19.2 Å². The number of nitrogens with one attached hydrogen (secondary N) is 1. The number of rotatable bonds is 11. The number of nitrogens with zero attached hydrogens (tertiary/aromatic N) is 2. The number of sulfonamides is 1. The monoisotopic (exact) mass is 593 g/mol. The fourth-order valence-electron chi connectivity index (χ4n) is 4.38. The zero-order chi connectivity index (χ0) is 31.2. The zero-order valence-electron chi connectivity index (χ0n) is 25.8. The highest BCUT2D eigenvalue weighted by atomic mass is 32.2. The van der Waals surface area contributed by atoms with Crippen molar-refractivity contribution < 1.29 is 22.7 Å². The number of carbonyl (C=O) groups excluding carboxylic acids is 2. The summed E-state index contributed by atoms with van der Waals surface area (Å²) in [5.74, 6) is 0.0740. The summed E-state index contributed by atoms with van der Waals surface area (Å²) in [7, 11) is -2.55. The van der Waals surface area contributed by atoms with Crippen molar-refractivity contribution >= 4 is 27.5 Å². The van der Waals surface area contributed by atoms with E-state index in [1.54, 1.807) is 62.6 Å². The average Bonchev–Trinajstić information content (AvgIpc) is 2.93. The Kier molecular flexibility index (Phi) is 10.4. The molecule has 0 spiro atoms. The largest absolute Gasteiger partial charge is 0.497 e. The molecule has 3 rings (SSSR count). The number of amides is 2. The number of aryl methyl sites for hydroxylation is 1. The van der Waals surface area contributed by atoms with Crippen molar-refractivity contribution in [2.45, 2.75) is 77.4 Å².